The van der Waals surface area contributed by atoms with E-state index in [1.54, 1.807) is 0 Å². The Balaban J connectivity index is 1.63. The van der Waals surface area contributed by atoms with Crippen molar-refractivity contribution in [1.29, 1.82) is 0 Å². The lowest BCUT2D eigenvalue weighted by atomic mass is 9.74. The number of nitrogens with zero attached hydrogens (tertiary/aromatic N) is 3. The van der Waals surface area contributed by atoms with E-state index in [2.05, 4.69) is 20.6 Å². The first-order valence-corrected chi connectivity index (χ1v) is 11.8. The molecule has 0 aliphatic heterocycles. The SMILES string of the molecule is Cc1nc2c(s1)C(Nc1c(Nc3ccnc(C(=O)N(C)CC(F)(F)F)c3O)c(=O)c1=O)C(C)(C)CC2. The number of hydrogen-bond acceptors (Lipinski definition) is 9. The van der Waals surface area contributed by atoms with E-state index in [0.29, 0.717) is 4.90 Å². The second-order valence-electron chi connectivity index (χ2n) is 9.48. The minimum atomic E-state index is -4.64. The maximum absolute atomic E-state index is 12.7. The van der Waals surface area contributed by atoms with Crippen molar-refractivity contribution in [2.45, 2.75) is 45.8 Å². The first kappa shape index (κ1) is 25.6. The molecular formula is C23H24F3N5O4S. The normalized spacial score (nSPS) is 17.0. The second-order valence-corrected chi connectivity index (χ2v) is 10.7. The third-order valence-electron chi connectivity index (χ3n) is 6.23. The van der Waals surface area contributed by atoms with Crippen LogP contribution in [-0.2, 0) is 6.42 Å². The fraction of sp³-hybridized carbons (Fsp3) is 0.435. The molecule has 9 nitrogen and oxygen atoms in total. The standard InChI is InChI=1S/C23H24F3N5O4S/c1-10-28-12-5-7-22(2,3)20(19(12)36-10)30-14-13(17(33)18(14)34)29-11-6-8-27-15(16(11)32)21(35)31(4)9-23(24,25)26/h6,8,20,30,32H,5,7,9H2,1-4H3,(H,27,29). The van der Waals surface area contributed by atoms with Gasteiger partial charge in [-0.3, -0.25) is 14.4 Å². The number of aromatic nitrogens is 2. The lowest BCUT2D eigenvalue weighted by molar-refractivity contribution is -0.138. The number of carbonyl (C=O) groups is 1. The number of hydrogen-bond donors (Lipinski definition) is 3. The molecule has 0 saturated carbocycles. The van der Waals surface area contributed by atoms with E-state index in [4.69, 9.17) is 0 Å². The number of carbonyl (C=O) groups excluding carboxylic acids is 1. The number of fused-ring (bicyclic) bond motifs is 1. The highest BCUT2D eigenvalue weighted by atomic mass is 32.1. The van der Waals surface area contributed by atoms with Crippen LogP contribution in [0.4, 0.5) is 30.2 Å². The van der Waals surface area contributed by atoms with Gasteiger partial charge in [-0.05, 0) is 31.2 Å². The van der Waals surface area contributed by atoms with Gasteiger partial charge in [0.2, 0.25) is 0 Å². The number of nitrogens with one attached hydrogen (secondary N) is 2. The zero-order valence-electron chi connectivity index (χ0n) is 19.9. The molecule has 1 atom stereocenters. The van der Waals surface area contributed by atoms with Crippen molar-refractivity contribution >= 4 is 34.3 Å². The van der Waals surface area contributed by atoms with Gasteiger partial charge in [0.25, 0.3) is 16.8 Å². The Kier molecular flexibility index (Phi) is 6.31. The number of anilines is 3. The Hall–Kier alpha value is -3.48. The maximum atomic E-state index is 12.7. The van der Waals surface area contributed by atoms with Crippen molar-refractivity contribution in [3.05, 3.63) is 54.0 Å². The van der Waals surface area contributed by atoms with Crippen molar-refractivity contribution in [3.8, 4) is 5.75 Å². The highest BCUT2D eigenvalue weighted by molar-refractivity contribution is 7.11. The van der Waals surface area contributed by atoms with Crippen molar-refractivity contribution in [3.63, 3.8) is 0 Å². The first-order valence-electron chi connectivity index (χ1n) is 11.0. The van der Waals surface area contributed by atoms with Gasteiger partial charge < -0.3 is 20.6 Å². The first-order chi connectivity index (χ1) is 16.7. The Bertz CT molecular complexity index is 1410. The molecule has 3 aromatic rings. The molecule has 0 saturated heterocycles. The number of aryl methyl sites for hydroxylation is 2. The quantitative estimate of drug-likeness (QED) is 0.418. The molecule has 36 heavy (non-hydrogen) atoms. The summed E-state index contributed by atoms with van der Waals surface area (Å²) in [6.07, 6.45) is -1.93. The molecule has 4 rings (SSSR count). The summed E-state index contributed by atoms with van der Waals surface area (Å²) in [5.74, 6) is -1.90. The fourth-order valence-electron chi connectivity index (χ4n) is 4.25. The van der Waals surface area contributed by atoms with Crippen molar-refractivity contribution in [2.24, 2.45) is 5.41 Å². The maximum Gasteiger partial charge on any atom is 0.406 e. The largest absolute Gasteiger partial charge is 0.504 e. The average Bonchev–Trinajstić information content (AvgIpc) is 3.16. The van der Waals surface area contributed by atoms with Gasteiger partial charge in [-0.15, -0.1) is 11.3 Å². The van der Waals surface area contributed by atoms with Gasteiger partial charge in [0.15, 0.2) is 11.4 Å². The van der Waals surface area contributed by atoms with E-state index in [-0.39, 0.29) is 28.5 Å². The summed E-state index contributed by atoms with van der Waals surface area (Å²) in [6.45, 7) is 4.46. The molecule has 192 valence electrons. The van der Waals surface area contributed by atoms with Crippen molar-refractivity contribution < 1.29 is 23.1 Å². The van der Waals surface area contributed by atoms with Crippen LogP contribution >= 0.6 is 11.3 Å². The van der Waals surface area contributed by atoms with E-state index in [1.807, 2.05) is 20.8 Å². The summed E-state index contributed by atoms with van der Waals surface area (Å²) in [7, 11) is 0.928. The molecule has 0 spiro atoms. The van der Waals surface area contributed by atoms with Gasteiger partial charge in [0, 0.05) is 13.2 Å². The number of amides is 1. The number of pyridine rings is 1. The highest BCUT2D eigenvalue weighted by Gasteiger charge is 2.40. The molecule has 0 bridgehead atoms. The Morgan fingerprint density at radius 2 is 1.94 bits per heavy atom. The predicted octanol–water partition coefficient (Wildman–Crippen LogP) is 3.65. The van der Waals surface area contributed by atoms with E-state index in [9.17, 15) is 32.7 Å². The summed E-state index contributed by atoms with van der Waals surface area (Å²) in [6, 6.07) is 0.946. The predicted molar refractivity (Wildman–Crippen MR) is 129 cm³/mol. The molecule has 1 aliphatic rings. The molecule has 2 heterocycles. The molecule has 1 aromatic carbocycles. The van der Waals surface area contributed by atoms with Gasteiger partial charge in [-0.25, -0.2) is 9.97 Å². The van der Waals surface area contributed by atoms with Gasteiger partial charge >= 0.3 is 6.18 Å². The van der Waals surface area contributed by atoms with Crippen LogP contribution in [0.15, 0.2) is 21.9 Å². The van der Waals surface area contributed by atoms with Crippen LogP contribution in [0.2, 0.25) is 0 Å². The van der Waals surface area contributed by atoms with Crippen molar-refractivity contribution in [2.75, 3.05) is 24.2 Å². The van der Waals surface area contributed by atoms with E-state index >= 15 is 0 Å². The topological polar surface area (TPSA) is 125 Å². The molecule has 1 amide bonds. The van der Waals surface area contributed by atoms with E-state index < -0.39 is 40.9 Å². The van der Waals surface area contributed by atoms with E-state index in [1.165, 1.54) is 17.4 Å². The van der Waals surface area contributed by atoms with Gasteiger partial charge in [-0.1, -0.05) is 13.8 Å². The molecule has 2 aromatic heterocycles. The van der Waals surface area contributed by atoms with Gasteiger partial charge in [0.05, 0.1) is 27.3 Å². The van der Waals surface area contributed by atoms with Crippen LogP contribution in [0.1, 0.15) is 52.4 Å². The Labute approximate surface area is 207 Å². The average molecular weight is 524 g/mol. The summed E-state index contributed by atoms with van der Waals surface area (Å²) in [5, 5.41) is 17.3. The zero-order valence-corrected chi connectivity index (χ0v) is 20.7. The molecule has 13 heteroatoms. The zero-order chi connectivity index (χ0) is 26.6. The summed E-state index contributed by atoms with van der Waals surface area (Å²) >= 11 is 1.52. The number of alkyl halides is 3. The minimum Gasteiger partial charge on any atom is -0.504 e. The molecule has 3 N–H and O–H groups in total. The van der Waals surface area contributed by atoms with Gasteiger partial charge in [-0.2, -0.15) is 13.2 Å². The summed E-state index contributed by atoms with van der Waals surface area (Å²) in [4.78, 5) is 46.9. The van der Waals surface area contributed by atoms with Crippen LogP contribution in [0, 0.1) is 12.3 Å². The molecule has 1 unspecified atom stereocenters. The number of aromatic hydroxyl groups is 1. The van der Waals surface area contributed by atoms with Crippen LogP contribution in [-0.4, -0.2) is 45.7 Å². The lowest BCUT2D eigenvalue weighted by Gasteiger charge is -2.39. The minimum absolute atomic E-state index is 0.0234. The third kappa shape index (κ3) is 4.66. The number of thiazole rings is 1. The second kappa shape index (κ2) is 8.87. The van der Waals surface area contributed by atoms with Crippen LogP contribution in [0.5, 0.6) is 5.75 Å². The fourth-order valence-corrected chi connectivity index (χ4v) is 5.49. The smallest absolute Gasteiger partial charge is 0.406 e. The molecule has 1 aliphatic carbocycles. The van der Waals surface area contributed by atoms with Crippen LogP contribution in [0.3, 0.4) is 0 Å². The molecule has 0 radical (unpaired) electrons. The van der Waals surface area contributed by atoms with Crippen LogP contribution in [0.25, 0.3) is 0 Å². The third-order valence-corrected chi connectivity index (χ3v) is 7.31. The monoisotopic (exact) mass is 523 g/mol. The van der Waals surface area contributed by atoms with Gasteiger partial charge in [0.1, 0.15) is 17.9 Å². The summed E-state index contributed by atoms with van der Waals surface area (Å²) in [5.41, 5.74) is -1.76. The van der Waals surface area contributed by atoms with Crippen molar-refractivity contribution in [1.82, 2.24) is 14.9 Å². The lowest BCUT2D eigenvalue weighted by Crippen LogP contribution is -2.41. The highest BCUT2D eigenvalue weighted by Crippen LogP contribution is 2.47. The van der Waals surface area contributed by atoms with E-state index in [0.717, 1.165) is 41.7 Å². The Morgan fingerprint density at radius 1 is 1.28 bits per heavy atom. The van der Waals surface area contributed by atoms with Crippen LogP contribution < -0.4 is 21.5 Å². The number of halogens is 3. The molecular weight excluding hydrogens is 499 g/mol. The molecule has 0 fully saturated rings. The Morgan fingerprint density at radius 3 is 2.61 bits per heavy atom. The number of rotatable bonds is 6. The summed E-state index contributed by atoms with van der Waals surface area (Å²) < 4.78 is 38.0.